The minimum absolute atomic E-state index is 0.309. The Labute approximate surface area is 102 Å². The van der Waals surface area contributed by atoms with E-state index in [-0.39, 0.29) is 0 Å². The van der Waals surface area contributed by atoms with Crippen molar-refractivity contribution in [3.63, 3.8) is 0 Å². The Bertz CT molecular complexity index is 299. The molecule has 1 heterocycles. The zero-order chi connectivity index (χ0) is 12.0. The lowest BCUT2D eigenvalue weighted by molar-refractivity contribution is 0.0796. The number of nitrogens with one attached hydrogen (secondary N) is 1. The highest BCUT2D eigenvalue weighted by atomic mass is 32.1. The first kappa shape index (κ1) is 13.6. The summed E-state index contributed by atoms with van der Waals surface area (Å²) in [7, 11) is 0. The van der Waals surface area contributed by atoms with Crippen LogP contribution in [0.3, 0.4) is 0 Å². The molecule has 3 nitrogen and oxygen atoms in total. The second-order valence-corrected chi connectivity index (χ2v) is 5.26. The first-order valence-corrected chi connectivity index (χ1v) is 6.74. The van der Waals surface area contributed by atoms with E-state index >= 15 is 0 Å². The van der Waals surface area contributed by atoms with E-state index in [1.165, 1.54) is 9.88 Å². The maximum absolute atomic E-state index is 5.47. The van der Waals surface area contributed by atoms with E-state index in [0.717, 1.165) is 19.6 Å². The highest BCUT2D eigenvalue weighted by molar-refractivity contribution is 7.11. The van der Waals surface area contributed by atoms with Gasteiger partial charge in [0.05, 0.1) is 18.8 Å². The van der Waals surface area contributed by atoms with Crippen molar-refractivity contribution < 1.29 is 4.74 Å². The smallest absolute Gasteiger partial charge is 0.109 e. The fraction of sp³-hybridized carbons (Fsp3) is 0.750. The normalized spacial score (nSPS) is 13.3. The summed E-state index contributed by atoms with van der Waals surface area (Å²) in [6, 6.07) is 0.320. The number of hydrogen-bond donors (Lipinski definition) is 1. The molecule has 0 aliphatic carbocycles. The van der Waals surface area contributed by atoms with E-state index in [2.05, 4.69) is 38.0 Å². The van der Waals surface area contributed by atoms with Crippen LogP contribution in [-0.2, 0) is 11.2 Å². The van der Waals surface area contributed by atoms with Crippen LogP contribution in [0, 0.1) is 0 Å². The highest BCUT2D eigenvalue weighted by Gasteiger charge is 2.08. The van der Waals surface area contributed by atoms with E-state index in [1.54, 1.807) is 11.3 Å². The molecule has 1 rings (SSSR count). The number of rotatable bonds is 7. The van der Waals surface area contributed by atoms with Crippen molar-refractivity contribution in [2.75, 3.05) is 13.2 Å². The molecule has 1 atom stereocenters. The number of aromatic nitrogens is 1. The quantitative estimate of drug-likeness (QED) is 0.747. The number of nitrogens with zero attached hydrogens (tertiary/aromatic N) is 1. The molecule has 0 amide bonds. The van der Waals surface area contributed by atoms with Crippen molar-refractivity contribution in [2.24, 2.45) is 0 Å². The Kier molecular flexibility index (Phi) is 5.95. The second kappa shape index (κ2) is 6.99. The van der Waals surface area contributed by atoms with E-state index in [9.17, 15) is 0 Å². The van der Waals surface area contributed by atoms with Gasteiger partial charge in [-0.15, -0.1) is 11.3 Å². The molecule has 0 spiro atoms. The summed E-state index contributed by atoms with van der Waals surface area (Å²) in [5.74, 6) is 0. The van der Waals surface area contributed by atoms with Crippen LogP contribution in [0.15, 0.2) is 6.20 Å². The largest absolute Gasteiger partial charge is 0.377 e. The molecule has 0 saturated heterocycles. The summed E-state index contributed by atoms with van der Waals surface area (Å²) in [6.45, 7) is 10.0. The molecular formula is C12H22N2OS. The van der Waals surface area contributed by atoms with Gasteiger partial charge in [-0.2, -0.15) is 0 Å². The standard InChI is InChI=1S/C12H22N2OS/c1-5-11-8-14-12(16-11)10(4)13-6-7-15-9(2)3/h8-10,13H,5-7H2,1-4H3. The first-order valence-electron chi connectivity index (χ1n) is 5.93. The van der Waals surface area contributed by atoms with Gasteiger partial charge in [-0.25, -0.2) is 4.98 Å². The molecule has 0 aliphatic heterocycles. The summed E-state index contributed by atoms with van der Waals surface area (Å²) in [6.07, 6.45) is 3.35. The fourth-order valence-electron chi connectivity index (χ4n) is 1.34. The number of aryl methyl sites for hydroxylation is 1. The molecule has 1 unspecified atom stereocenters. The Morgan fingerprint density at radius 3 is 2.75 bits per heavy atom. The van der Waals surface area contributed by atoms with Crippen molar-refractivity contribution in [1.82, 2.24) is 10.3 Å². The molecule has 0 saturated carbocycles. The zero-order valence-corrected chi connectivity index (χ0v) is 11.4. The summed E-state index contributed by atoms with van der Waals surface area (Å²) in [4.78, 5) is 5.77. The van der Waals surface area contributed by atoms with Gasteiger partial charge in [-0.3, -0.25) is 0 Å². The number of hydrogen-bond acceptors (Lipinski definition) is 4. The molecule has 16 heavy (non-hydrogen) atoms. The third-order valence-electron chi connectivity index (χ3n) is 2.29. The van der Waals surface area contributed by atoms with E-state index < -0.39 is 0 Å². The molecule has 0 fully saturated rings. The zero-order valence-electron chi connectivity index (χ0n) is 10.6. The lowest BCUT2D eigenvalue weighted by Gasteiger charge is -2.12. The van der Waals surface area contributed by atoms with E-state index in [4.69, 9.17) is 4.74 Å². The molecule has 0 aromatic carbocycles. The molecule has 1 aromatic rings. The summed E-state index contributed by atoms with van der Waals surface area (Å²) < 4.78 is 5.47. The third kappa shape index (κ3) is 4.60. The molecule has 4 heteroatoms. The van der Waals surface area contributed by atoms with Crippen LogP contribution in [0.25, 0.3) is 0 Å². The second-order valence-electron chi connectivity index (χ2n) is 4.11. The minimum Gasteiger partial charge on any atom is -0.377 e. The van der Waals surface area contributed by atoms with Gasteiger partial charge in [0.15, 0.2) is 0 Å². The molecule has 1 N–H and O–H groups in total. The minimum atomic E-state index is 0.309. The predicted molar refractivity (Wildman–Crippen MR) is 69.0 cm³/mol. The van der Waals surface area contributed by atoms with Gasteiger partial charge < -0.3 is 10.1 Å². The van der Waals surface area contributed by atoms with Crippen LogP contribution < -0.4 is 5.32 Å². The number of thiazole rings is 1. The van der Waals surface area contributed by atoms with Crippen molar-refractivity contribution >= 4 is 11.3 Å². The van der Waals surface area contributed by atoms with Gasteiger partial charge in [-0.1, -0.05) is 6.92 Å². The number of ether oxygens (including phenoxy) is 1. The van der Waals surface area contributed by atoms with Crippen molar-refractivity contribution in [1.29, 1.82) is 0 Å². The molecule has 92 valence electrons. The monoisotopic (exact) mass is 242 g/mol. The van der Waals surface area contributed by atoms with Crippen molar-refractivity contribution in [3.8, 4) is 0 Å². The third-order valence-corrected chi connectivity index (χ3v) is 3.62. The SMILES string of the molecule is CCc1cnc(C(C)NCCOC(C)C)s1. The maximum atomic E-state index is 5.47. The lowest BCUT2D eigenvalue weighted by atomic mass is 10.3. The fourth-order valence-corrected chi connectivity index (χ4v) is 2.23. The van der Waals surface area contributed by atoms with Gasteiger partial charge in [0, 0.05) is 17.6 Å². The van der Waals surface area contributed by atoms with E-state index in [0.29, 0.717) is 12.1 Å². The highest BCUT2D eigenvalue weighted by Crippen LogP contribution is 2.19. The molecule has 1 aromatic heterocycles. The molecule has 0 radical (unpaired) electrons. The van der Waals surface area contributed by atoms with Gasteiger partial charge in [0.1, 0.15) is 5.01 Å². The topological polar surface area (TPSA) is 34.2 Å². The first-order chi connectivity index (χ1) is 7.63. The summed E-state index contributed by atoms with van der Waals surface area (Å²) >= 11 is 1.79. The van der Waals surface area contributed by atoms with Crippen LogP contribution in [0.1, 0.15) is 43.6 Å². The van der Waals surface area contributed by atoms with Crippen molar-refractivity contribution in [3.05, 3.63) is 16.1 Å². The predicted octanol–water partition coefficient (Wildman–Crippen LogP) is 2.78. The van der Waals surface area contributed by atoms with Crippen LogP contribution in [0.5, 0.6) is 0 Å². The maximum Gasteiger partial charge on any atom is 0.109 e. The average Bonchev–Trinajstić information content (AvgIpc) is 2.72. The Morgan fingerprint density at radius 2 is 2.19 bits per heavy atom. The lowest BCUT2D eigenvalue weighted by Crippen LogP contribution is -2.24. The molecule has 0 bridgehead atoms. The Morgan fingerprint density at radius 1 is 1.44 bits per heavy atom. The van der Waals surface area contributed by atoms with Gasteiger partial charge >= 0.3 is 0 Å². The van der Waals surface area contributed by atoms with E-state index in [1.807, 2.05) is 6.20 Å². The van der Waals surface area contributed by atoms with Crippen LogP contribution in [-0.4, -0.2) is 24.2 Å². The Balaban J connectivity index is 2.26. The summed E-state index contributed by atoms with van der Waals surface area (Å²) in [5, 5.41) is 4.58. The molecular weight excluding hydrogens is 220 g/mol. The average molecular weight is 242 g/mol. The van der Waals surface area contributed by atoms with Crippen molar-refractivity contribution in [2.45, 2.75) is 46.3 Å². The van der Waals surface area contributed by atoms with Crippen LogP contribution >= 0.6 is 11.3 Å². The van der Waals surface area contributed by atoms with Gasteiger partial charge in [0.25, 0.3) is 0 Å². The summed E-state index contributed by atoms with van der Waals surface area (Å²) in [5.41, 5.74) is 0. The molecule has 0 aliphatic rings. The Hall–Kier alpha value is -0.450. The van der Waals surface area contributed by atoms with Crippen LogP contribution in [0.4, 0.5) is 0 Å². The van der Waals surface area contributed by atoms with Gasteiger partial charge in [0.2, 0.25) is 0 Å². The van der Waals surface area contributed by atoms with Crippen LogP contribution in [0.2, 0.25) is 0 Å². The van der Waals surface area contributed by atoms with Gasteiger partial charge in [-0.05, 0) is 27.2 Å².